The van der Waals surface area contributed by atoms with Gasteiger partial charge in [-0.15, -0.1) is 5.06 Å². The number of hydrogen-bond donors (Lipinski definition) is 4. The second kappa shape index (κ2) is 15.8. The van der Waals surface area contributed by atoms with Crippen LogP contribution in [0.15, 0.2) is 60.7 Å². The molecule has 0 aliphatic carbocycles. The molecule has 0 unspecified atom stereocenters. The number of carbonyl (C=O) groups is 4. The lowest BCUT2D eigenvalue weighted by molar-refractivity contribution is -0.196. The van der Waals surface area contributed by atoms with Crippen molar-refractivity contribution < 1.29 is 29.1 Å². The Morgan fingerprint density at radius 3 is 2.38 bits per heavy atom. The Bertz CT molecular complexity index is 1160. The molecule has 4 N–H and O–H groups in total. The van der Waals surface area contributed by atoms with Crippen molar-refractivity contribution in [2.75, 3.05) is 19.6 Å². The highest BCUT2D eigenvalue weighted by atomic mass is 32.1. The van der Waals surface area contributed by atoms with E-state index in [-0.39, 0.29) is 31.7 Å². The smallest absolute Gasteiger partial charge is 0.329 e. The van der Waals surface area contributed by atoms with Gasteiger partial charge in [0, 0.05) is 18.5 Å². The van der Waals surface area contributed by atoms with Gasteiger partial charge in [0.05, 0.1) is 30.6 Å². The summed E-state index contributed by atoms with van der Waals surface area (Å²) in [6, 6.07) is 15.8. The molecule has 2 amide bonds. The maximum Gasteiger partial charge on any atom is 0.329 e. The molecule has 3 rings (SSSR count). The average Bonchev–Trinajstić information content (AvgIpc) is 3.31. The molecule has 3 atom stereocenters. The maximum atomic E-state index is 13.3. The zero-order valence-electron chi connectivity index (χ0n) is 22.5. The molecule has 0 spiro atoms. The van der Waals surface area contributed by atoms with Gasteiger partial charge in [0.1, 0.15) is 12.1 Å². The van der Waals surface area contributed by atoms with E-state index in [4.69, 9.17) is 17.1 Å². The van der Waals surface area contributed by atoms with Crippen LogP contribution in [0, 0.1) is 0 Å². The van der Waals surface area contributed by atoms with E-state index in [0.29, 0.717) is 36.4 Å². The summed E-state index contributed by atoms with van der Waals surface area (Å²) in [6.45, 7) is 2.17. The fraction of sp³-hybridized carbons (Fsp3) is 0.414. The number of β-amino-alcohol motifs (C(OH)–C–C–N with tert-alkyl or cyclic N) is 1. The Morgan fingerprint density at radius 2 is 1.70 bits per heavy atom. The predicted molar refractivity (Wildman–Crippen MR) is 153 cm³/mol. The molecule has 40 heavy (non-hydrogen) atoms. The topological polar surface area (TPSA) is 137 Å². The molecule has 1 saturated heterocycles. The molecule has 0 saturated carbocycles. The minimum absolute atomic E-state index is 0.0114. The lowest BCUT2D eigenvalue weighted by Gasteiger charge is -2.25. The van der Waals surface area contributed by atoms with E-state index in [0.717, 1.165) is 5.56 Å². The molecule has 2 aromatic rings. The highest BCUT2D eigenvalue weighted by Crippen LogP contribution is 2.20. The van der Waals surface area contributed by atoms with Crippen LogP contribution >= 0.6 is 12.2 Å². The van der Waals surface area contributed by atoms with Crippen molar-refractivity contribution in [2.45, 2.75) is 57.2 Å². The number of amides is 2. The van der Waals surface area contributed by atoms with E-state index >= 15 is 0 Å². The number of ketones is 1. The van der Waals surface area contributed by atoms with Crippen molar-refractivity contribution in [1.82, 2.24) is 21.0 Å². The van der Waals surface area contributed by atoms with E-state index in [9.17, 15) is 24.3 Å². The second-order valence-corrected chi connectivity index (χ2v) is 10.3. The first-order valence-electron chi connectivity index (χ1n) is 13.3. The third-order valence-corrected chi connectivity index (χ3v) is 6.54. The number of Topliss-reactive ketones (excluding diaryl/α,β-unsaturated/α-hetero) is 1. The lowest BCUT2D eigenvalue weighted by atomic mass is 10.1. The number of hydroxylamine groups is 2. The number of rotatable bonds is 14. The standard InChI is InChI=1S/C29H36N4O6S/c1-20(40)30-15-9-8-14-24(28(37)31-18-26(35)22-12-6-3-7-13-22)32-29(38)25-17-23(34)19-33(25)39-27(36)16-21-10-4-2-5-11-21/h2-7,10-13,23-25,34H,8-9,14-19H2,1H3,(H,30,40)(H,31,37)(H,32,38)/t23-,24+,25+/m1/s1. The minimum atomic E-state index is -0.963. The Hall–Kier alpha value is -3.67. The summed E-state index contributed by atoms with van der Waals surface area (Å²) >= 11 is 5.02. The minimum Gasteiger partial charge on any atom is -0.392 e. The van der Waals surface area contributed by atoms with Gasteiger partial charge < -0.3 is 25.9 Å². The molecule has 1 aliphatic heterocycles. The van der Waals surface area contributed by atoms with Crippen LogP contribution in [-0.4, -0.2) is 76.5 Å². The lowest BCUT2D eigenvalue weighted by Crippen LogP contribution is -2.53. The van der Waals surface area contributed by atoms with Crippen molar-refractivity contribution in [3.05, 3.63) is 71.8 Å². The van der Waals surface area contributed by atoms with Crippen LogP contribution < -0.4 is 16.0 Å². The Kier molecular flexibility index (Phi) is 12.2. The molecule has 11 heteroatoms. The maximum absolute atomic E-state index is 13.3. The van der Waals surface area contributed by atoms with E-state index in [1.807, 2.05) is 18.2 Å². The Morgan fingerprint density at radius 1 is 1.02 bits per heavy atom. The molecular formula is C29H36N4O6S. The first kappa shape index (κ1) is 30.9. The molecule has 214 valence electrons. The van der Waals surface area contributed by atoms with Crippen molar-refractivity contribution >= 4 is 40.8 Å². The summed E-state index contributed by atoms with van der Waals surface area (Å²) in [7, 11) is 0. The molecule has 10 nitrogen and oxygen atoms in total. The zero-order valence-corrected chi connectivity index (χ0v) is 23.3. The Labute approximate surface area is 239 Å². The third kappa shape index (κ3) is 10.1. The third-order valence-electron chi connectivity index (χ3n) is 6.39. The van der Waals surface area contributed by atoms with Crippen LogP contribution in [0.1, 0.15) is 48.5 Å². The summed E-state index contributed by atoms with van der Waals surface area (Å²) < 4.78 is 0. The average molecular weight is 569 g/mol. The number of benzene rings is 2. The van der Waals surface area contributed by atoms with Gasteiger partial charge >= 0.3 is 5.97 Å². The molecule has 1 fully saturated rings. The predicted octanol–water partition coefficient (Wildman–Crippen LogP) is 1.71. The fourth-order valence-corrected chi connectivity index (χ4v) is 4.44. The largest absolute Gasteiger partial charge is 0.392 e. The van der Waals surface area contributed by atoms with Crippen molar-refractivity contribution in [3.8, 4) is 0 Å². The number of unbranched alkanes of at least 4 members (excludes halogenated alkanes) is 1. The van der Waals surface area contributed by atoms with Gasteiger partial charge in [0.25, 0.3) is 0 Å². The van der Waals surface area contributed by atoms with E-state index < -0.39 is 36.0 Å². The fourth-order valence-electron chi connectivity index (χ4n) is 4.34. The molecule has 0 radical (unpaired) electrons. The molecule has 2 aromatic carbocycles. The van der Waals surface area contributed by atoms with Gasteiger partial charge in [-0.25, -0.2) is 4.79 Å². The van der Waals surface area contributed by atoms with Gasteiger partial charge in [-0.05, 0) is 31.7 Å². The van der Waals surface area contributed by atoms with Gasteiger partial charge in [-0.1, -0.05) is 72.9 Å². The summed E-state index contributed by atoms with van der Waals surface area (Å²) in [5.41, 5.74) is 1.23. The SMILES string of the molecule is CC(=S)NCCCC[C@H](NC(=O)[C@@H]1C[C@@H](O)CN1OC(=O)Cc1ccccc1)C(=O)NCC(=O)c1ccccc1. The van der Waals surface area contributed by atoms with Crippen molar-refractivity contribution in [1.29, 1.82) is 0 Å². The first-order valence-corrected chi connectivity index (χ1v) is 13.7. The number of aliphatic hydroxyl groups excluding tert-OH is 1. The summed E-state index contributed by atoms with van der Waals surface area (Å²) in [6.07, 6.45) is 0.810. The molecule has 1 heterocycles. The second-order valence-electron chi connectivity index (χ2n) is 9.68. The van der Waals surface area contributed by atoms with Crippen LogP contribution in [0.25, 0.3) is 0 Å². The highest BCUT2D eigenvalue weighted by Gasteiger charge is 2.40. The van der Waals surface area contributed by atoms with E-state index in [1.165, 1.54) is 5.06 Å². The zero-order chi connectivity index (χ0) is 28.9. The monoisotopic (exact) mass is 568 g/mol. The summed E-state index contributed by atoms with van der Waals surface area (Å²) in [4.78, 5) is 57.4. The van der Waals surface area contributed by atoms with Gasteiger partial charge in [0.2, 0.25) is 11.8 Å². The molecule has 1 aliphatic rings. The van der Waals surface area contributed by atoms with Crippen LogP contribution in [0.5, 0.6) is 0 Å². The van der Waals surface area contributed by atoms with Crippen LogP contribution in [0.2, 0.25) is 0 Å². The van der Waals surface area contributed by atoms with Crippen molar-refractivity contribution in [2.24, 2.45) is 0 Å². The summed E-state index contributed by atoms with van der Waals surface area (Å²) in [5.74, 6) is -1.86. The summed E-state index contributed by atoms with van der Waals surface area (Å²) in [5, 5.41) is 19.8. The molecule has 0 bridgehead atoms. The number of nitrogens with zero attached hydrogens (tertiary/aromatic N) is 1. The van der Waals surface area contributed by atoms with E-state index in [1.54, 1.807) is 49.4 Å². The molecular weight excluding hydrogens is 532 g/mol. The van der Waals surface area contributed by atoms with Gasteiger partial charge in [0.15, 0.2) is 5.78 Å². The quantitative estimate of drug-likeness (QED) is 0.153. The highest BCUT2D eigenvalue weighted by molar-refractivity contribution is 7.80. The van der Waals surface area contributed by atoms with Crippen LogP contribution in [0.3, 0.4) is 0 Å². The normalized spacial score (nSPS) is 17.4. The number of carbonyl (C=O) groups excluding carboxylic acids is 4. The van der Waals surface area contributed by atoms with Crippen LogP contribution in [-0.2, 0) is 25.6 Å². The number of thiocarbonyl (C=S) groups is 1. The first-order chi connectivity index (χ1) is 19.2. The van der Waals surface area contributed by atoms with Crippen LogP contribution in [0.4, 0.5) is 0 Å². The number of hydrogen-bond acceptors (Lipinski definition) is 8. The number of nitrogens with one attached hydrogen (secondary N) is 3. The van der Waals surface area contributed by atoms with Gasteiger partial charge in [-0.2, -0.15) is 0 Å². The number of aliphatic hydroxyl groups is 1. The van der Waals surface area contributed by atoms with E-state index in [2.05, 4.69) is 16.0 Å². The van der Waals surface area contributed by atoms with Crippen molar-refractivity contribution in [3.63, 3.8) is 0 Å². The Balaban J connectivity index is 1.61. The molecule has 0 aromatic heterocycles. The van der Waals surface area contributed by atoms with Gasteiger partial charge in [-0.3, -0.25) is 14.4 Å².